The summed E-state index contributed by atoms with van der Waals surface area (Å²) in [6.07, 6.45) is 2.81. The van der Waals surface area contributed by atoms with E-state index in [-0.39, 0.29) is 18.9 Å². The van der Waals surface area contributed by atoms with E-state index in [9.17, 15) is 0 Å². The van der Waals surface area contributed by atoms with E-state index in [1.54, 1.807) is 0 Å². The Bertz CT molecular complexity index is 26.1. The summed E-state index contributed by atoms with van der Waals surface area (Å²) in [5, 5.41) is 0. The summed E-state index contributed by atoms with van der Waals surface area (Å²) in [4.78, 5) is 0.896. The molecule has 0 spiro atoms. The fourth-order valence-electron chi connectivity index (χ4n) is 0.0630. The van der Waals surface area contributed by atoms with Crippen LogP contribution in [0, 0.1) is 0 Å². The quantitative estimate of drug-likeness (QED) is 0.339. The van der Waals surface area contributed by atoms with Crippen molar-refractivity contribution in [3.8, 4) is 0 Å². The molecule has 1 aliphatic carbocycles. The molecule has 0 nitrogen and oxygen atoms in total. The van der Waals surface area contributed by atoms with Crippen molar-refractivity contribution < 1.29 is 0 Å². The van der Waals surface area contributed by atoms with Gasteiger partial charge >= 0.3 is 0 Å². The van der Waals surface area contributed by atoms with Crippen molar-refractivity contribution in [1.82, 2.24) is 0 Å². The molecule has 0 saturated heterocycles. The van der Waals surface area contributed by atoms with E-state index < -0.39 is 0 Å². The third-order valence-electron chi connectivity index (χ3n) is 0.507. The van der Waals surface area contributed by atoms with E-state index in [2.05, 4.69) is 15.9 Å². The van der Waals surface area contributed by atoms with Crippen LogP contribution < -0.4 is 0 Å². The summed E-state index contributed by atoms with van der Waals surface area (Å²) in [7, 11) is 0. The monoisotopic (exact) mass is 127 g/mol. The minimum absolute atomic E-state index is 0. The molecular weight excluding hydrogens is 123 g/mol. The molecule has 0 amide bonds. The second kappa shape index (κ2) is 2.29. The zero-order valence-electron chi connectivity index (χ0n) is 3.37. The van der Waals surface area contributed by atoms with E-state index in [1.807, 2.05) is 0 Å². The van der Waals surface area contributed by atoms with Gasteiger partial charge in [-0.15, -0.1) is 0 Å². The van der Waals surface area contributed by atoms with Crippen LogP contribution in [0.25, 0.3) is 0 Å². The molecule has 0 N–H and O–H groups in total. The van der Waals surface area contributed by atoms with Crippen molar-refractivity contribution in [2.24, 2.45) is 0 Å². The first kappa shape index (κ1) is 6.08. The van der Waals surface area contributed by atoms with E-state index in [4.69, 9.17) is 0 Å². The largest absolute Gasteiger partial charge is 0.0891 e. The Morgan fingerprint density at radius 2 is 1.60 bits per heavy atom. The van der Waals surface area contributed by atoms with E-state index in [1.165, 1.54) is 12.8 Å². The second-order valence-electron chi connectivity index (χ2n) is 1.17. The Balaban J connectivity index is 0.000000160. The van der Waals surface area contributed by atoms with Crippen LogP contribution in [0.3, 0.4) is 0 Å². The average Bonchev–Trinajstić information content (AvgIpc) is 1.75. The molecule has 1 saturated carbocycles. The summed E-state index contributed by atoms with van der Waals surface area (Å²) in [5.74, 6) is 0. The van der Waals surface area contributed by atoms with Crippen LogP contribution in [0.15, 0.2) is 0 Å². The summed E-state index contributed by atoms with van der Waals surface area (Å²) in [6, 6.07) is 0. The predicted octanol–water partition coefficient (Wildman–Crippen LogP) is 1.16. The maximum Gasteiger partial charge on any atom is 0.0146 e. The van der Waals surface area contributed by atoms with Crippen molar-refractivity contribution in [1.29, 1.82) is 0 Å². The van der Waals surface area contributed by atoms with Crippen LogP contribution in [-0.2, 0) is 0 Å². The summed E-state index contributed by atoms with van der Waals surface area (Å²) >= 11 is 3.38. The van der Waals surface area contributed by atoms with Gasteiger partial charge in [-0.3, -0.25) is 0 Å². The first-order valence-electron chi connectivity index (χ1n) is 1.53. The number of alkyl halides is 1. The van der Waals surface area contributed by atoms with Gasteiger partial charge in [0.1, 0.15) is 0 Å². The summed E-state index contributed by atoms with van der Waals surface area (Å²) in [6.45, 7) is 0. The predicted molar refractivity (Wildman–Crippen MR) is 27.7 cm³/mol. The van der Waals surface area contributed by atoms with Crippen LogP contribution in [-0.4, -0.2) is 23.7 Å². The van der Waals surface area contributed by atoms with Crippen LogP contribution in [0.2, 0.25) is 0 Å². The topological polar surface area (TPSA) is 0 Å². The van der Waals surface area contributed by atoms with Crippen molar-refractivity contribution in [3.63, 3.8) is 0 Å². The average molecular weight is 128 g/mol. The van der Waals surface area contributed by atoms with Gasteiger partial charge in [0.25, 0.3) is 0 Å². The number of hydrogen-bond donors (Lipinski definition) is 0. The fourth-order valence-corrected chi connectivity index (χ4v) is 0.327. The van der Waals surface area contributed by atoms with Gasteiger partial charge in [0.2, 0.25) is 0 Å². The molecule has 0 aromatic heterocycles. The van der Waals surface area contributed by atoms with Gasteiger partial charge in [-0.05, 0) is 12.8 Å². The fraction of sp³-hybridized carbons (Fsp3) is 1.00. The molecule has 0 atom stereocenters. The smallest absolute Gasteiger partial charge is 0.0146 e. The van der Waals surface area contributed by atoms with Gasteiger partial charge in [-0.2, -0.15) is 0 Å². The third kappa shape index (κ3) is 2.89. The normalized spacial score (nSPS) is 21.0. The molecule has 0 unspecified atom stereocenters. The van der Waals surface area contributed by atoms with Gasteiger partial charge in [0.05, 0.1) is 0 Å². The number of rotatable bonds is 0. The Hall–Kier alpha value is 1.08. The molecule has 1 rings (SSSR count). The molecule has 0 aromatic rings. The molecule has 0 heterocycles. The van der Waals surface area contributed by atoms with Gasteiger partial charge in [-0.25, -0.2) is 0 Å². The Morgan fingerprint density at radius 1 is 1.40 bits per heavy atom. The molecule has 0 bridgehead atoms. The molecule has 25 valence electrons. The Labute approximate surface area is 52.6 Å². The van der Waals surface area contributed by atoms with Crippen molar-refractivity contribution in [2.45, 2.75) is 17.7 Å². The molecule has 1 fully saturated rings. The second-order valence-corrected chi connectivity index (χ2v) is 2.47. The Morgan fingerprint density at radius 3 is 1.60 bits per heavy atom. The van der Waals surface area contributed by atoms with Crippen molar-refractivity contribution >= 4 is 34.8 Å². The maximum atomic E-state index is 3.38. The first-order valence-corrected chi connectivity index (χ1v) is 2.45. The van der Waals surface area contributed by atoms with Gasteiger partial charge in [0.15, 0.2) is 0 Å². The molecule has 0 aromatic carbocycles. The molecule has 1 aliphatic rings. The van der Waals surface area contributed by atoms with Crippen LogP contribution in [0.4, 0.5) is 0 Å². The van der Waals surface area contributed by atoms with Gasteiger partial charge in [-0.1, -0.05) is 15.9 Å². The minimum Gasteiger partial charge on any atom is -0.0891 e. The zero-order chi connectivity index (χ0) is 2.99. The van der Waals surface area contributed by atoms with Crippen LogP contribution >= 0.6 is 15.9 Å². The third-order valence-corrected chi connectivity index (χ3v) is 1.42. The van der Waals surface area contributed by atoms with Crippen LogP contribution in [0.1, 0.15) is 12.8 Å². The Kier molecular flexibility index (Phi) is 2.78. The number of hydrogen-bond acceptors (Lipinski definition) is 0. The maximum absolute atomic E-state index is 3.38. The molecular formula is C3H5BrLi. The van der Waals surface area contributed by atoms with E-state index >= 15 is 0 Å². The zero-order valence-corrected chi connectivity index (χ0v) is 4.96. The van der Waals surface area contributed by atoms with Crippen molar-refractivity contribution in [3.05, 3.63) is 0 Å². The van der Waals surface area contributed by atoms with Crippen molar-refractivity contribution in [2.75, 3.05) is 0 Å². The molecule has 5 heavy (non-hydrogen) atoms. The van der Waals surface area contributed by atoms with E-state index in [0.717, 1.165) is 4.83 Å². The standard InChI is InChI=1S/C3H5Br.Li/c4-3-1-2-3;/h3H,1-2H2;. The first-order chi connectivity index (χ1) is 1.89. The van der Waals surface area contributed by atoms with Crippen LogP contribution in [0.5, 0.6) is 0 Å². The molecule has 2 heteroatoms. The summed E-state index contributed by atoms with van der Waals surface area (Å²) < 4.78 is 0. The van der Waals surface area contributed by atoms with E-state index in [0.29, 0.717) is 0 Å². The van der Waals surface area contributed by atoms with Gasteiger partial charge in [0, 0.05) is 23.7 Å². The number of halogens is 1. The summed E-state index contributed by atoms with van der Waals surface area (Å²) in [5.41, 5.74) is 0. The minimum atomic E-state index is 0. The molecule has 0 aliphatic heterocycles. The van der Waals surface area contributed by atoms with Gasteiger partial charge < -0.3 is 0 Å². The SMILES string of the molecule is BrC1CC1.[Li]. The molecule has 1 radical (unpaired) electrons.